The fourth-order valence-electron chi connectivity index (χ4n) is 2.56. The van der Waals surface area contributed by atoms with Crippen molar-refractivity contribution in [3.8, 4) is 0 Å². The Bertz CT molecular complexity index is 665. The molecule has 0 radical (unpaired) electrons. The van der Waals surface area contributed by atoms with E-state index < -0.39 is 24.9 Å². The van der Waals surface area contributed by atoms with E-state index in [4.69, 9.17) is 9.31 Å². The Morgan fingerprint density at radius 2 is 1.67 bits per heavy atom. The van der Waals surface area contributed by atoms with E-state index in [1.807, 2.05) is 33.8 Å². The van der Waals surface area contributed by atoms with E-state index in [1.54, 1.807) is 18.2 Å². The van der Waals surface area contributed by atoms with Crippen LogP contribution in [-0.4, -0.2) is 22.9 Å². The van der Waals surface area contributed by atoms with E-state index in [9.17, 15) is 8.78 Å². The van der Waals surface area contributed by atoms with Crippen molar-refractivity contribution in [3.05, 3.63) is 30.5 Å². The van der Waals surface area contributed by atoms with Gasteiger partial charge >= 0.3 is 13.7 Å². The zero-order valence-corrected chi connectivity index (χ0v) is 12.6. The van der Waals surface area contributed by atoms with Gasteiger partial charge in [0.25, 0.3) is 0 Å². The van der Waals surface area contributed by atoms with Crippen LogP contribution in [0.3, 0.4) is 0 Å². The molecule has 2 heterocycles. The molecule has 0 N–H and O–H groups in total. The van der Waals surface area contributed by atoms with Gasteiger partial charge in [0, 0.05) is 6.20 Å². The number of hydrogen-bond donors (Lipinski definition) is 0. The predicted octanol–water partition coefficient (Wildman–Crippen LogP) is 3.34. The Hall–Kier alpha value is -1.40. The molecule has 1 aliphatic heterocycles. The molecule has 0 bridgehead atoms. The summed E-state index contributed by atoms with van der Waals surface area (Å²) in [5, 5.41) is 0.733. The average Bonchev–Trinajstić information content (AvgIpc) is 2.88. The molecular formula is C15H18BF2NO2. The van der Waals surface area contributed by atoms with Crippen molar-refractivity contribution in [2.45, 2.75) is 45.4 Å². The largest absolute Gasteiger partial charge is 0.495 e. The molecule has 0 atom stereocenters. The molecule has 1 aromatic heterocycles. The van der Waals surface area contributed by atoms with Crippen molar-refractivity contribution in [3.63, 3.8) is 0 Å². The van der Waals surface area contributed by atoms with Gasteiger partial charge in [-0.3, -0.25) is 4.57 Å². The van der Waals surface area contributed by atoms with E-state index >= 15 is 0 Å². The van der Waals surface area contributed by atoms with Crippen LogP contribution in [0.1, 0.15) is 34.2 Å². The van der Waals surface area contributed by atoms with Gasteiger partial charge in [-0.05, 0) is 50.7 Å². The van der Waals surface area contributed by atoms with Crippen LogP contribution >= 0.6 is 0 Å². The van der Waals surface area contributed by atoms with E-state index in [0.29, 0.717) is 5.52 Å². The van der Waals surface area contributed by atoms with Crippen LogP contribution in [0.4, 0.5) is 8.78 Å². The fourth-order valence-corrected chi connectivity index (χ4v) is 2.56. The summed E-state index contributed by atoms with van der Waals surface area (Å²) < 4.78 is 38.9. The van der Waals surface area contributed by atoms with Gasteiger partial charge in [0.2, 0.25) is 0 Å². The minimum Gasteiger partial charge on any atom is -0.399 e. The van der Waals surface area contributed by atoms with Crippen LogP contribution in [0, 0.1) is 0 Å². The lowest BCUT2D eigenvalue weighted by Gasteiger charge is -2.32. The zero-order chi connectivity index (χ0) is 15.4. The topological polar surface area (TPSA) is 23.4 Å². The normalized spacial score (nSPS) is 20.6. The van der Waals surface area contributed by atoms with Gasteiger partial charge in [-0.1, -0.05) is 12.1 Å². The molecule has 6 heteroatoms. The number of nitrogens with zero attached hydrogens (tertiary/aromatic N) is 1. The van der Waals surface area contributed by atoms with Crippen molar-refractivity contribution < 1.29 is 18.1 Å². The predicted molar refractivity (Wildman–Crippen MR) is 78.9 cm³/mol. The second-order valence-corrected chi connectivity index (χ2v) is 6.37. The third kappa shape index (κ3) is 2.17. The maximum Gasteiger partial charge on any atom is 0.495 e. The van der Waals surface area contributed by atoms with Gasteiger partial charge in [-0.15, -0.1) is 0 Å². The van der Waals surface area contributed by atoms with Gasteiger partial charge in [-0.2, -0.15) is 8.78 Å². The molecule has 0 amide bonds. The van der Waals surface area contributed by atoms with E-state index in [-0.39, 0.29) is 0 Å². The molecule has 1 aliphatic rings. The van der Waals surface area contributed by atoms with Crippen LogP contribution in [0.5, 0.6) is 0 Å². The van der Waals surface area contributed by atoms with E-state index in [2.05, 4.69) is 0 Å². The minimum atomic E-state index is -2.56. The Balaban J connectivity index is 2.07. The maximum absolute atomic E-state index is 13.0. The molecule has 1 saturated heterocycles. The number of fused-ring (bicyclic) bond motifs is 1. The van der Waals surface area contributed by atoms with Crippen LogP contribution in [0.25, 0.3) is 10.9 Å². The molecule has 3 nitrogen and oxygen atoms in total. The van der Waals surface area contributed by atoms with Crippen molar-refractivity contribution >= 4 is 23.5 Å². The molecule has 0 aliphatic carbocycles. The number of benzene rings is 1. The van der Waals surface area contributed by atoms with Crippen LogP contribution in [-0.2, 0) is 9.31 Å². The van der Waals surface area contributed by atoms with Crippen molar-refractivity contribution in [2.75, 3.05) is 0 Å². The Morgan fingerprint density at radius 3 is 2.24 bits per heavy atom. The Morgan fingerprint density at radius 1 is 1.05 bits per heavy atom. The van der Waals surface area contributed by atoms with Crippen LogP contribution in [0.2, 0.25) is 0 Å². The first-order valence-corrected chi connectivity index (χ1v) is 6.96. The number of hydrogen-bond acceptors (Lipinski definition) is 2. The zero-order valence-electron chi connectivity index (χ0n) is 12.6. The molecule has 0 unspecified atom stereocenters. The van der Waals surface area contributed by atoms with E-state index in [1.165, 1.54) is 6.20 Å². The molecule has 0 spiro atoms. The Labute approximate surface area is 123 Å². The lowest BCUT2D eigenvalue weighted by molar-refractivity contribution is 0.00578. The monoisotopic (exact) mass is 293 g/mol. The highest BCUT2D eigenvalue weighted by Crippen LogP contribution is 2.37. The van der Waals surface area contributed by atoms with Gasteiger partial charge < -0.3 is 9.31 Å². The molecule has 2 aromatic rings. The summed E-state index contributed by atoms with van der Waals surface area (Å²) in [5.74, 6) is 0. The number of alkyl halides is 2. The molecule has 3 rings (SSSR count). The number of halogens is 2. The molecule has 112 valence electrons. The fraction of sp³-hybridized carbons (Fsp3) is 0.467. The highest BCUT2D eigenvalue weighted by atomic mass is 19.3. The van der Waals surface area contributed by atoms with Crippen LogP contribution < -0.4 is 5.46 Å². The first kappa shape index (κ1) is 14.5. The molecular weight excluding hydrogens is 275 g/mol. The lowest BCUT2D eigenvalue weighted by atomic mass is 9.77. The van der Waals surface area contributed by atoms with Crippen molar-refractivity contribution in [1.29, 1.82) is 0 Å². The number of aromatic nitrogens is 1. The average molecular weight is 293 g/mol. The van der Waals surface area contributed by atoms with Gasteiger partial charge in [0.1, 0.15) is 0 Å². The molecule has 1 fully saturated rings. The SMILES string of the molecule is CC1(C)OB(c2cccc3c2ccn3C(F)F)OC1(C)C. The smallest absolute Gasteiger partial charge is 0.399 e. The molecule has 1 aromatic carbocycles. The van der Waals surface area contributed by atoms with Crippen molar-refractivity contribution in [1.82, 2.24) is 4.57 Å². The highest BCUT2D eigenvalue weighted by molar-refractivity contribution is 6.65. The summed E-state index contributed by atoms with van der Waals surface area (Å²) in [6.07, 6.45) is 1.39. The standard InChI is InChI=1S/C15H18BF2NO2/c1-14(2)15(3,4)21-16(20-14)11-6-5-7-12-10(11)8-9-19(12)13(17)18/h5-9,13H,1-4H3. The lowest BCUT2D eigenvalue weighted by Crippen LogP contribution is -2.41. The summed E-state index contributed by atoms with van der Waals surface area (Å²) in [6, 6.07) is 6.97. The van der Waals surface area contributed by atoms with Gasteiger partial charge in [0.15, 0.2) is 0 Å². The molecule has 21 heavy (non-hydrogen) atoms. The third-order valence-electron chi connectivity index (χ3n) is 4.51. The summed E-state index contributed by atoms with van der Waals surface area (Å²) in [6.45, 7) is 5.32. The quantitative estimate of drug-likeness (QED) is 0.793. The Kier molecular flexibility index (Phi) is 3.15. The minimum absolute atomic E-state index is 0.453. The summed E-state index contributed by atoms with van der Waals surface area (Å²) >= 11 is 0. The van der Waals surface area contributed by atoms with Crippen molar-refractivity contribution in [2.24, 2.45) is 0 Å². The summed E-state index contributed by atoms with van der Waals surface area (Å²) in [5.41, 5.74) is 0.360. The van der Waals surface area contributed by atoms with E-state index in [0.717, 1.165) is 15.4 Å². The highest BCUT2D eigenvalue weighted by Gasteiger charge is 2.52. The van der Waals surface area contributed by atoms with Gasteiger partial charge in [-0.25, -0.2) is 0 Å². The van der Waals surface area contributed by atoms with Gasteiger partial charge in [0.05, 0.1) is 16.7 Å². The summed E-state index contributed by atoms with van der Waals surface area (Å²) in [4.78, 5) is 0. The number of rotatable bonds is 2. The second-order valence-electron chi connectivity index (χ2n) is 6.37. The first-order chi connectivity index (χ1) is 9.73. The first-order valence-electron chi connectivity index (χ1n) is 6.96. The van der Waals surface area contributed by atoms with Crippen LogP contribution in [0.15, 0.2) is 30.5 Å². The maximum atomic E-state index is 13.0. The molecule has 0 saturated carbocycles. The summed E-state index contributed by atoms with van der Waals surface area (Å²) in [7, 11) is -0.549. The third-order valence-corrected chi connectivity index (χ3v) is 4.51. The second kappa shape index (κ2) is 4.55.